The van der Waals surface area contributed by atoms with E-state index in [0.717, 1.165) is 55.7 Å². The Labute approximate surface area is 253 Å². The summed E-state index contributed by atoms with van der Waals surface area (Å²) in [7, 11) is 6.31. The Balaban J connectivity index is 2.33. The molecule has 1 aromatic rings. The van der Waals surface area contributed by atoms with E-state index in [0.29, 0.717) is 12.4 Å². The Hall–Kier alpha value is -2.97. The molecule has 0 aliphatic carbocycles. The normalized spacial score (nSPS) is 11.6. The van der Waals surface area contributed by atoms with Gasteiger partial charge in [-0.05, 0) is 17.7 Å². The molecule has 0 saturated heterocycles. The van der Waals surface area contributed by atoms with Gasteiger partial charge in [-0.3, -0.25) is 29.0 Å². The lowest BCUT2D eigenvalue weighted by Gasteiger charge is -2.30. The maximum Gasteiger partial charge on any atom is 0.317 e. The highest BCUT2D eigenvalue weighted by Crippen LogP contribution is 2.13. The predicted octanol–water partition coefficient (Wildman–Crippen LogP) is 0.282. The van der Waals surface area contributed by atoms with Crippen LogP contribution < -0.4 is 15.5 Å². The van der Waals surface area contributed by atoms with Gasteiger partial charge in [0.25, 0.3) is 0 Å². The number of anilines is 1. The van der Waals surface area contributed by atoms with Gasteiger partial charge < -0.3 is 35.3 Å². The van der Waals surface area contributed by atoms with Gasteiger partial charge in [0.15, 0.2) is 0 Å². The number of alkyl halides is 1. The van der Waals surface area contributed by atoms with Crippen LogP contribution in [-0.4, -0.2) is 152 Å². The summed E-state index contributed by atoms with van der Waals surface area (Å²) in [4.78, 5) is 50.3. The first-order valence-corrected chi connectivity index (χ1v) is 14.6. The summed E-state index contributed by atoms with van der Waals surface area (Å²) in [5.41, 5.74) is 2.37. The van der Waals surface area contributed by atoms with Crippen molar-refractivity contribution in [2.45, 2.75) is 19.4 Å². The lowest BCUT2D eigenvalue weighted by atomic mass is 10.2. The van der Waals surface area contributed by atoms with Crippen LogP contribution in [0, 0.1) is 0 Å². The molecule has 13 nitrogen and oxygen atoms in total. The van der Waals surface area contributed by atoms with Crippen molar-refractivity contribution in [2.24, 2.45) is 0 Å². The molecule has 238 valence electrons. The summed E-state index contributed by atoms with van der Waals surface area (Å²) in [5, 5.41) is 33.4. The highest BCUT2D eigenvalue weighted by atomic mass is 35.5. The van der Waals surface area contributed by atoms with Crippen LogP contribution in [0.5, 0.6) is 0 Å². The van der Waals surface area contributed by atoms with Crippen LogP contribution in [0.3, 0.4) is 0 Å². The third-order valence-corrected chi connectivity index (χ3v) is 6.85. The minimum atomic E-state index is -1.19. The van der Waals surface area contributed by atoms with Crippen LogP contribution >= 0.6 is 11.6 Å². The van der Waals surface area contributed by atoms with Crippen LogP contribution in [0.4, 0.5) is 5.69 Å². The van der Waals surface area contributed by atoms with Gasteiger partial charge in [0.2, 0.25) is 5.91 Å². The molecule has 0 aliphatic rings. The zero-order chi connectivity index (χ0) is 31.5. The number of benzene rings is 1. The van der Waals surface area contributed by atoms with Crippen LogP contribution in [0.1, 0.15) is 18.4 Å². The second kappa shape index (κ2) is 20.0. The van der Waals surface area contributed by atoms with Crippen molar-refractivity contribution in [1.29, 1.82) is 0 Å². The van der Waals surface area contributed by atoms with Crippen LogP contribution in [0.15, 0.2) is 24.3 Å². The molecule has 1 amide bonds. The molecule has 0 unspecified atom stereocenters. The topological polar surface area (TPSA) is 163 Å². The number of quaternary nitrogens is 1. The largest absolute Gasteiger partial charge is 0.480 e. The monoisotopic (exact) mass is 615 g/mol. The Kier molecular flexibility index (Phi) is 17.7. The Bertz CT molecular complexity index is 964. The van der Waals surface area contributed by atoms with E-state index in [1.54, 1.807) is 0 Å². The number of carbonyl (C=O) groups is 4. The van der Waals surface area contributed by atoms with E-state index < -0.39 is 37.5 Å². The summed E-state index contributed by atoms with van der Waals surface area (Å²) >= 11 is 5.81. The number of carboxylic acid groups (broad SMARTS) is 3. The van der Waals surface area contributed by atoms with Crippen molar-refractivity contribution < 1.29 is 39.0 Å². The molecule has 0 atom stereocenters. The first-order chi connectivity index (χ1) is 19.8. The second-order valence-corrected chi connectivity index (χ2v) is 11.4. The van der Waals surface area contributed by atoms with E-state index >= 15 is 0 Å². The first-order valence-electron chi connectivity index (χ1n) is 14.1. The molecule has 0 aliphatic heterocycles. The van der Waals surface area contributed by atoms with Gasteiger partial charge >= 0.3 is 17.9 Å². The predicted molar refractivity (Wildman–Crippen MR) is 162 cm³/mol. The van der Waals surface area contributed by atoms with E-state index in [9.17, 15) is 24.3 Å². The number of amides is 1. The number of carbonyl (C=O) groups excluding carboxylic acids is 1. The van der Waals surface area contributed by atoms with Gasteiger partial charge in [0, 0.05) is 70.7 Å². The van der Waals surface area contributed by atoms with Crippen molar-refractivity contribution in [3.63, 3.8) is 0 Å². The number of halogens is 1. The fourth-order valence-corrected chi connectivity index (χ4v) is 4.63. The third kappa shape index (κ3) is 17.8. The van der Waals surface area contributed by atoms with Crippen molar-refractivity contribution in [3.8, 4) is 0 Å². The highest BCUT2D eigenvalue weighted by Gasteiger charge is 2.19. The number of nitrogens with zero attached hydrogens (tertiary/aromatic N) is 4. The molecular weight excluding hydrogens is 568 g/mol. The second-order valence-electron chi connectivity index (χ2n) is 11.0. The summed E-state index contributed by atoms with van der Waals surface area (Å²) in [6, 6.07) is 8.44. The fraction of sp³-hybridized carbons (Fsp3) is 0.643. The van der Waals surface area contributed by atoms with Crippen molar-refractivity contribution in [2.75, 3.05) is 104 Å². The average Bonchev–Trinajstić information content (AvgIpc) is 2.89. The molecule has 0 fully saturated rings. The lowest BCUT2D eigenvalue weighted by Crippen LogP contribution is -2.46. The average molecular weight is 616 g/mol. The maximum absolute atomic E-state index is 12.4. The molecule has 1 aromatic carbocycles. The van der Waals surface area contributed by atoms with E-state index in [2.05, 4.69) is 53.9 Å². The van der Waals surface area contributed by atoms with E-state index in [-0.39, 0.29) is 25.5 Å². The first kappa shape index (κ1) is 37.1. The number of rotatable bonds is 24. The van der Waals surface area contributed by atoms with Gasteiger partial charge in [-0.25, -0.2) is 0 Å². The molecule has 0 heterocycles. The number of hydrogen-bond acceptors (Lipinski definition) is 8. The molecule has 1 rings (SSSR count). The van der Waals surface area contributed by atoms with Crippen LogP contribution in [0.25, 0.3) is 0 Å². The zero-order valence-corrected chi connectivity index (χ0v) is 25.8. The lowest BCUT2D eigenvalue weighted by molar-refractivity contribution is -0.890. The standard InChI is InChI=1S/C28H47ClN6O7/c1-32(13-10-29)24-8-6-23(7-9-24)18-30-11-4-16-35(2,3)17-5-12-31-25(36)19-33(20-26(37)38)14-15-34(21-27(39)40)22-28(41)42/h6-9,30H,4-5,10-22H2,1-3H3,(H3-,31,36,37,38,39,40,41,42)/p+1. The molecule has 0 aromatic heterocycles. The SMILES string of the molecule is CN(CCCl)c1ccc(CNCCC[N+](C)(C)CCCNC(=O)CN(CCN(CC(=O)O)CC(=O)O)CC(=O)O)cc1. The molecular formula is C28H48ClN6O7+. The molecule has 0 bridgehead atoms. The summed E-state index contributed by atoms with van der Waals surface area (Å²) in [5.74, 6) is -3.27. The maximum atomic E-state index is 12.4. The van der Waals surface area contributed by atoms with Gasteiger partial charge in [0.05, 0.1) is 53.4 Å². The molecule has 0 saturated carbocycles. The summed E-state index contributed by atoms with van der Waals surface area (Å²) in [6.07, 6.45) is 1.75. The van der Waals surface area contributed by atoms with Crippen molar-refractivity contribution in [1.82, 2.24) is 20.4 Å². The molecule has 42 heavy (non-hydrogen) atoms. The van der Waals surface area contributed by atoms with Crippen LogP contribution in [0.2, 0.25) is 0 Å². The van der Waals surface area contributed by atoms with E-state index in [1.165, 1.54) is 15.4 Å². The molecule has 0 spiro atoms. The summed E-state index contributed by atoms with van der Waals surface area (Å²) in [6.45, 7) is 3.21. The number of aliphatic carboxylic acids is 3. The zero-order valence-electron chi connectivity index (χ0n) is 25.1. The number of carboxylic acids is 3. The Morgan fingerprint density at radius 2 is 1.29 bits per heavy atom. The molecule has 14 heteroatoms. The van der Waals surface area contributed by atoms with Gasteiger partial charge in [-0.2, -0.15) is 0 Å². The van der Waals surface area contributed by atoms with Crippen molar-refractivity contribution in [3.05, 3.63) is 29.8 Å². The fourth-order valence-electron chi connectivity index (χ4n) is 4.38. The third-order valence-electron chi connectivity index (χ3n) is 6.68. The summed E-state index contributed by atoms with van der Waals surface area (Å²) < 4.78 is 0.799. The smallest absolute Gasteiger partial charge is 0.317 e. The Morgan fingerprint density at radius 1 is 0.786 bits per heavy atom. The highest BCUT2D eigenvalue weighted by molar-refractivity contribution is 6.18. The quantitative estimate of drug-likeness (QED) is 0.0617. The minimum Gasteiger partial charge on any atom is -0.480 e. The number of hydrogen-bond donors (Lipinski definition) is 5. The van der Waals surface area contributed by atoms with Gasteiger partial charge in [-0.1, -0.05) is 12.1 Å². The minimum absolute atomic E-state index is 0.00140. The van der Waals surface area contributed by atoms with Gasteiger partial charge in [0.1, 0.15) is 0 Å². The Morgan fingerprint density at radius 3 is 1.79 bits per heavy atom. The van der Waals surface area contributed by atoms with Gasteiger partial charge in [-0.15, -0.1) is 11.6 Å². The number of nitrogens with one attached hydrogen (secondary N) is 2. The van der Waals surface area contributed by atoms with Crippen molar-refractivity contribution >= 4 is 41.1 Å². The van der Waals surface area contributed by atoms with E-state index in [4.69, 9.17) is 21.8 Å². The molecule has 5 N–H and O–H groups in total. The van der Waals surface area contributed by atoms with E-state index in [1.807, 2.05) is 7.05 Å². The molecule has 0 radical (unpaired) electrons. The van der Waals surface area contributed by atoms with Crippen LogP contribution in [-0.2, 0) is 25.7 Å².